The van der Waals surface area contributed by atoms with E-state index < -0.39 is 0 Å². The smallest absolute Gasteiger partial charge is 0.139 e. The Balaban J connectivity index is 2.39. The topological polar surface area (TPSA) is 27.1 Å². The van der Waals surface area contributed by atoms with Crippen LogP contribution in [-0.4, -0.2) is 15.2 Å². The zero-order valence-corrected chi connectivity index (χ0v) is 9.61. The van der Waals surface area contributed by atoms with Gasteiger partial charge in [-0.3, -0.25) is 0 Å². The molecular formula is C12H16N2O. The molecule has 15 heavy (non-hydrogen) atoms. The van der Waals surface area contributed by atoms with Crippen molar-refractivity contribution in [2.45, 2.75) is 26.4 Å². The van der Waals surface area contributed by atoms with Crippen molar-refractivity contribution in [3.63, 3.8) is 0 Å². The molecule has 0 spiro atoms. The molecule has 0 bridgehead atoms. The molecule has 0 aliphatic heterocycles. The fourth-order valence-corrected chi connectivity index (χ4v) is 1.54. The lowest BCUT2D eigenvalue weighted by Gasteiger charge is -2.20. The molecule has 80 valence electrons. The van der Waals surface area contributed by atoms with E-state index in [0.717, 1.165) is 16.8 Å². The van der Waals surface area contributed by atoms with Crippen molar-refractivity contribution < 1.29 is 4.74 Å². The van der Waals surface area contributed by atoms with Crippen molar-refractivity contribution >= 4 is 11.0 Å². The van der Waals surface area contributed by atoms with E-state index in [1.54, 1.807) is 6.20 Å². The van der Waals surface area contributed by atoms with E-state index in [1.165, 1.54) is 0 Å². The number of pyridine rings is 1. The minimum Gasteiger partial charge on any atom is -0.487 e. The van der Waals surface area contributed by atoms with Crippen molar-refractivity contribution in [3.05, 3.63) is 24.5 Å². The van der Waals surface area contributed by atoms with Crippen LogP contribution >= 0.6 is 0 Å². The van der Waals surface area contributed by atoms with Crippen molar-refractivity contribution in [1.29, 1.82) is 0 Å². The maximum atomic E-state index is 5.75. The predicted molar refractivity (Wildman–Crippen MR) is 61.1 cm³/mol. The molecular weight excluding hydrogens is 188 g/mol. The van der Waals surface area contributed by atoms with Crippen LogP contribution in [0.3, 0.4) is 0 Å². The number of aryl methyl sites for hydroxylation is 1. The standard InChI is InChI=1S/C12H16N2O/c1-12(2,3)15-10-7-9-5-6-14(4)11(9)13-8-10/h5-8H,1-4H3. The lowest BCUT2D eigenvalue weighted by atomic mass is 10.2. The summed E-state index contributed by atoms with van der Waals surface area (Å²) in [7, 11) is 1.99. The van der Waals surface area contributed by atoms with Gasteiger partial charge in [-0.05, 0) is 32.9 Å². The molecule has 0 saturated carbocycles. The van der Waals surface area contributed by atoms with Gasteiger partial charge in [-0.1, -0.05) is 0 Å². The molecule has 0 atom stereocenters. The van der Waals surface area contributed by atoms with Crippen LogP contribution in [0.5, 0.6) is 5.75 Å². The molecule has 3 heteroatoms. The Hall–Kier alpha value is -1.51. The summed E-state index contributed by atoms with van der Waals surface area (Å²) < 4.78 is 7.74. The summed E-state index contributed by atoms with van der Waals surface area (Å²) in [5.41, 5.74) is 0.806. The summed E-state index contributed by atoms with van der Waals surface area (Å²) in [4.78, 5) is 4.36. The van der Waals surface area contributed by atoms with Gasteiger partial charge in [0, 0.05) is 18.6 Å². The Morgan fingerprint density at radius 1 is 1.33 bits per heavy atom. The van der Waals surface area contributed by atoms with Gasteiger partial charge in [0.25, 0.3) is 0 Å². The van der Waals surface area contributed by atoms with Gasteiger partial charge in [-0.25, -0.2) is 4.98 Å². The van der Waals surface area contributed by atoms with Crippen molar-refractivity contribution in [3.8, 4) is 5.75 Å². The van der Waals surface area contributed by atoms with E-state index in [4.69, 9.17) is 4.74 Å². The largest absolute Gasteiger partial charge is 0.487 e. The minimum atomic E-state index is -0.176. The van der Waals surface area contributed by atoms with Crippen LogP contribution < -0.4 is 4.74 Å². The van der Waals surface area contributed by atoms with Gasteiger partial charge in [-0.15, -0.1) is 0 Å². The molecule has 0 aliphatic rings. The van der Waals surface area contributed by atoms with E-state index >= 15 is 0 Å². The molecule has 0 unspecified atom stereocenters. The maximum Gasteiger partial charge on any atom is 0.139 e. The molecule has 0 amide bonds. The zero-order chi connectivity index (χ0) is 11.1. The Morgan fingerprint density at radius 2 is 2.07 bits per heavy atom. The minimum absolute atomic E-state index is 0.176. The molecule has 2 aromatic heterocycles. The molecule has 0 N–H and O–H groups in total. The SMILES string of the molecule is Cn1ccc2cc(OC(C)(C)C)cnc21. The highest BCUT2D eigenvalue weighted by molar-refractivity contribution is 5.77. The normalized spacial score (nSPS) is 12.0. The first-order valence-corrected chi connectivity index (χ1v) is 5.06. The fraction of sp³-hybridized carbons (Fsp3) is 0.417. The van der Waals surface area contributed by atoms with E-state index in [1.807, 2.05) is 50.7 Å². The Bertz CT molecular complexity index is 480. The molecule has 0 aliphatic carbocycles. The second-order valence-electron chi connectivity index (χ2n) is 4.72. The third kappa shape index (κ3) is 2.12. The molecule has 0 aromatic carbocycles. The number of fused-ring (bicyclic) bond motifs is 1. The molecule has 2 heterocycles. The first-order chi connectivity index (χ1) is 6.96. The summed E-state index contributed by atoms with van der Waals surface area (Å²) in [6.45, 7) is 6.09. The third-order valence-electron chi connectivity index (χ3n) is 2.11. The third-order valence-corrected chi connectivity index (χ3v) is 2.11. The van der Waals surface area contributed by atoms with Gasteiger partial charge in [0.2, 0.25) is 0 Å². The molecule has 3 nitrogen and oxygen atoms in total. The molecule has 2 aromatic rings. The molecule has 0 saturated heterocycles. The van der Waals surface area contributed by atoms with Gasteiger partial charge < -0.3 is 9.30 Å². The Morgan fingerprint density at radius 3 is 2.73 bits per heavy atom. The van der Waals surface area contributed by atoms with Gasteiger partial charge in [0.15, 0.2) is 0 Å². The quantitative estimate of drug-likeness (QED) is 0.714. The highest BCUT2D eigenvalue weighted by atomic mass is 16.5. The van der Waals surface area contributed by atoms with Gasteiger partial charge in [0.05, 0.1) is 6.20 Å². The number of hydrogen-bond acceptors (Lipinski definition) is 2. The highest BCUT2D eigenvalue weighted by Gasteiger charge is 2.12. The number of rotatable bonds is 1. The van der Waals surface area contributed by atoms with Crippen LogP contribution in [0.2, 0.25) is 0 Å². The van der Waals surface area contributed by atoms with E-state index in [9.17, 15) is 0 Å². The van der Waals surface area contributed by atoms with Crippen LogP contribution in [0.25, 0.3) is 11.0 Å². The highest BCUT2D eigenvalue weighted by Crippen LogP contribution is 2.22. The summed E-state index contributed by atoms with van der Waals surface area (Å²) in [6, 6.07) is 4.06. The van der Waals surface area contributed by atoms with E-state index in [-0.39, 0.29) is 5.60 Å². The van der Waals surface area contributed by atoms with Crippen LogP contribution in [0, 0.1) is 0 Å². The second kappa shape index (κ2) is 3.26. The summed E-state index contributed by atoms with van der Waals surface area (Å²) >= 11 is 0. The van der Waals surface area contributed by atoms with Crippen molar-refractivity contribution in [2.75, 3.05) is 0 Å². The van der Waals surface area contributed by atoms with E-state index in [0.29, 0.717) is 0 Å². The van der Waals surface area contributed by atoms with Crippen LogP contribution in [0.1, 0.15) is 20.8 Å². The number of hydrogen-bond donors (Lipinski definition) is 0. The first-order valence-electron chi connectivity index (χ1n) is 5.06. The Kier molecular flexibility index (Phi) is 2.18. The van der Waals surface area contributed by atoms with Crippen LogP contribution in [-0.2, 0) is 7.05 Å². The predicted octanol–water partition coefficient (Wildman–Crippen LogP) is 2.75. The van der Waals surface area contributed by atoms with Gasteiger partial charge in [0.1, 0.15) is 17.0 Å². The average molecular weight is 204 g/mol. The number of nitrogens with zero attached hydrogens (tertiary/aromatic N) is 2. The monoisotopic (exact) mass is 204 g/mol. The van der Waals surface area contributed by atoms with Crippen LogP contribution in [0.4, 0.5) is 0 Å². The van der Waals surface area contributed by atoms with Crippen molar-refractivity contribution in [1.82, 2.24) is 9.55 Å². The van der Waals surface area contributed by atoms with Crippen molar-refractivity contribution in [2.24, 2.45) is 7.05 Å². The molecule has 0 fully saturated rings. The number of ether oxygens (including phenoxy) is 1. The number of aromatic nitrogens is 2. The molecule has 2 rings (SSSR count). The second-order valence-corrected chi connectivity index (χ2v) is 4.72. The fourth-order valence-electron chi connectivity index (χ4n) is 1.54. The van der Waals surface area contributed by atoms with Crippen LogP contribution in [0.15, 0.2) is 24.5 Å². The first kappa shape index (κ1) is 10.0. The Labute approximate surface area is 89.7 Å². The molecule has 0 radical (unpaired) electrons. The summed E-state index contributed by atoms with van der Waals surface area (Å²) in [6.07, 6.45) is 3.77. The summed E-state index contributed by atoms with van der Waals surface area (Å²) in [5.74, 6) is 0.821. The lowest BCUT2D eigenvalue weighted by molar-refractivity contribution is 0.130. The van der Waals surface area contributed by atoms with Gasteiger partial charge in [-0.2, -0.15) is 0 Å². The zero-order valence-electron chi connectivity index (χ0n) is 9.61. The summed E-state index contributed by atoms with van der Waals surface area (Å²) in [5, 5.41) is 1.11. The average Bonchev–Trinajstić information content (AvgIpc) is 2.45. The van der Waals surface area contributed by atoms with Gasteiger partial charge >= 0.3 is 0 Å². The van der Waals surface area contributed by atoms with E-state index in [2.05, 4.69) is 4.98 Å². The maximum absolute atomic E-state index is 5.75. The lowest BCUT2D eigenvalue weighted by Crippen LogP contribution is -2.22.